The van der Waals surface area contributed by atoms with Crippen LogP contribution in [0, 0.1) is 13.8 Å². The molecule has 0 unspecified atom stereocenters. The smallest absolute Gasteiger partial charge is 0.340 e. The van der Waals surface area contributed by atoms with Gasteiger partial charge in [0.2, 0.25) is 0 Å². The van der Waals surface area contributed by atoms with Crippen molar-refractivity contribution in [3.8, 4) is 89.9 Å². The first-order chi connectivity index (χ1) is 41.1. The fourth-order valence-corrected chi connectivity index (χ4v) is 9.60. The summed E-state index contributed by atoms with van der Waals surface area (Å²) in [6, 6.07) is 70.2. The number of benzene rings is 7. The number of methoxy groups -OCH3 is 2. The number of rotatable bonds is 16. The monoisotopic (exact) mass is 1130 g/mol. The molecule has 12 nitrogen and oxygen atoms in total. The average Bonchev–Trinajstić information content (AvgIpc) is 2.84. The Labute approximate surface area is 501 Å². The van der Waals surface area contributed by atoms with E-state index < -0.39 is 11.9 Å². The lowest BCUT2D eigenvalue weighted by atomic mass is 9.92. The topological polar surface area (TPSA) is 119 Å². The molecule has 3 heterocycles. The van der Waals surface area contributed by atoms with Crippen LogP contribution in [0.5, 0.6) is 11.5 Å². The lowest BCUT2D eigenvalue weighted by Crippen LogP contribution is -2.17. The molecule has 0 amide bonds. The zero-order chi connectivity index (χ0) is 60.6. The molecule has 10 rings (SSSR count). The van der Waals surface area contributed by atoms with E-state index in [4.69, 9.17) is 28.9 Å². The van der Waals surface area contributed by atoms with Gasteiger partial charge in [0.1, 0.15) is 11.5 Å². The standard InChI is InChI=1S/C27H26N2O2.C25H22N2.C21H26N2O4/c1-29(2)23-11-5-19(6-12-23)22-17-26(20-7-13-24(30-3)14-8-20)28-27(18-22)21-9-15-25(31-4)16-10-21;1-27(2)23-15-13-19(14-16-23)22-17-24(20-9-5-3-6-10-20)26-25(18-22)21-11-7-4-8-12-21;1-7-26-20(24)17-13(3)22-14(4)18(21(25)27-8-2)19(17)15-9-11-16(12-10-15)23(5)6/h5-18H,1-4H3;3-18H,1-2H3;9-12H,7-8H2,1-6H3. The number of hydrogen-bond acceptors (Lipinski definition) is 12. The number of aromatic nitrogens is 3. The Morgan fingerprint density at radius 2 is 0.635 bits per heavy atom. The zero-order valence-corrected chi connectivity index (χ0v) is 50.7. The van der Waals surface area contributed by atoms with Crippen LogP contribution < -0.4 is 24.2 Å². The van der Waals surface area contributed by atoms with E-state index in [2.05, 4.69) is 150 Å². The Bertz CT molecular complexity index is 3650. The molecule has 3 aromatic heterocycles. The third kappa shape index (κ3) is 15.3. The van der Waals surface area contributed by atoms with Gasteiger partial charge in [0.25, 0.3) is 0 Å². The largest absolute Gasteiger partial charge is 0.497 e. The van der Waals surface area contributed by atoms with Crippen molar-refractivity contribution < 1.29 is 28.5 Å². The van der Waals surface area contributed by atoms with Crippen LogP contribution in [0.15, 0.2) is 206 Å². The molecule has 0 aliphatic rings. The van der Waals surface area contributed by atoms with Gasteiger partial charge >= 0.3 is 11.9 Å². The maximum atomic E-state index is 12.7. The summed E-state index contributed by atoms with van der Waals surface area (Å²) in [6.45, 7) is 7.44. The van der Waals surface area contributed by atoms with Gasteiger partial charge in [-0.15, -0.1) is 0 Å². The molecular weight excluding hydrogens is 1060 g/mol. The van der Waals surface area contributed by atoms with Crippen molar-refractivity contribution in [2.75, 3.05) is 84.4 Å². The van der Waals surface area contributed by atoms with Gasteiger partial charge in [0.15, 0.2) is 0 Å². The number of anilines is 3. The van der Waals surface area contributed by atoms with Crippen molar-refractivity contribution in [1.29, 1.82) is 0 Å². The third-order valence-corrected chi connectivity index (χ3v) is 14.2. The summed E-state index contributed by atoms with van der Waals surface area (Å²) in [6.07, 6.45) is 0. The summed E-state index contributed by atoms with van der Waals surface area (Å²) in [5.74, 6) is 0.656. The van der Waals surface area contributed by atoms with E-state index in [9.17, 15) is 9.59 Å². The maximum Gasteiger partial charge on any atom is 0.340 e. The summed E-state index contributed by atoms with van der Waals surface area (Å²) in [7, 11) is 15.5. The van der Waals surface area contributed by atoms with Crippen LogP contribution in [-0.4, -0.2) is 96.6 Å². The van der Waals surface area contributed by atoms with Gasteiger partial charge in [-0.1, -0.05) is 97.1 Å². The van der Waals surface area contributed by atoms with E-state index in [-0.39, 0.29) is 13.2 Å². The highest BCUT2D eigenvalue weighted by atomic mass is 16.5. The van der Waals surface area contributed by atoms with Gasteiger partial charge in [-0.05, 0) is 165 Å². The Morgan fingerprint density at radius 3 is 0.918 bits per heavy atom. The first-order valence-electron chi connectivity index (χ1n) is 28.2. The van der Waals surface area contributed by atoms with Gasteiger partial charge in [-0.3, -0.25) is 4.98 Å². The van der Waals surface area contributed by atoms with Gasteiger partial charge < -0.3 is 33.6 Å². The van der Waals surface area contributed by atoms with Crippen molar-refractivity contribution >= 4 is 29.0 Å². The molecule has 0 radical (unpaired) electrons. The number of nitrogens with zero attached hydrogens (tertiary/aromatic N) is 6. The quantitative estimate of drug-likeness (QED) is 0.0857. The highest BCUT2D eigenvalue weighted by Crippen LogP contribution is 2.36. The van der Waals surface area contributed by atoms with E-state index in [0.29, 0.717) is 28.1 Å². The molecule has 0 aliphatic heterocycles. The predicted molar refractivity (Wildman–Crippen MR) is 348 cm³/mol. The molecule has 0 saturated carbocycles. The molecule has 0 fully saturated rings. The van der Waals surface area contributed by atoms with Gasteiger partial charge in [-0.2, -0.15) is 0 Å². The Kier molecular flexibility index (Phi) is 20.6. The summed E-state index contributed by atoms with van der Waals surface area (Å²) in [5.41, 5.74) is 19.0. The van der Waals surface area contributed by atoms with E-state index in [1.165, 1.54) is 22.5 Å². The molecule has 7 aromatic carbocycles. The molecular formula is C73H74N6O6. The van der Waals surface area contributed by atoms with Crippen LogP contribution in [0.3, 0.4) is 0 Å². The summed E-state index contributed by atoms with van der Waals surface area (Å²) >= 11 is 0. The van der Waals surface area contributed by atoms with Crippen molar-refractivity contribution in [3.05, 3.63) is 229 Å². The van der Waals surface area contributed by atoms with Gasteiger partial charge in [-0.25, -0.2) is 19.6 Å². The van der Waals surface area contributed by atoms with Crippen LogP contribution >= 0.6 is 0 Å². The number of esters is 2. The van der Waals surface area contributed by atoms with Gasteiger partial charge in [0.05, 0.1) is 72.7 Å². The molecule has 12 heteroatoms. The van der Waals surface area contributed by atoms with E-state index in [0.717, 1.165) is 78.9 Å². The average molecular weight is 1130 g/mol. The first kappa shape index (κ1) is 61.0. The Hall–Kier alpha value is -10.1. The molecule has 0 saturated heterocycles. The second kappa shape index (κ2) is 28.8. The Balaban J connectivity index is 0.000000167. The number of hydrogen-bond donors (Lipinski definition) is 0. The lowest BCUT2D eigenvalue weighted by molar-refractivity contribution is 0.0525. The first-order valence-corrected chi connectivity index (χ1v) is 28.2. The predicted octanol–water partition coefficient (Wildman–Crippen LogP) is 16.1. The lowest BCUT2D eigenvalue weighted by Gasteiger charge is -2.19. The second-order valence-electron chi connectivity index (χ2n) is 20.6. The van der Waals surface area contributed by atoms with Crippen molar-refractivity contribution in [3.63, 3.8) is 0 Å². The highest BCUT2D eigenvalue weighted by molar-refractivity contribution is 6.07. The van der Waals surface area contributed by atoms with Crippen molar-refractivity contribution in [1.82, 2.24) is 15.0 Å². The van der Waals surface area contributed by atoms with E-state index >= 15 is 0 Å². The van der Waals surface area contributed by atoms with Crippen molar-refractivity contribution in [2.45, 2.75) is 27.7 Å². The fraction of sp³-hybridized carbons (Fsp3) is 0.192. The molecule has 85 heavy (non-hydrogen) atoms. The maximum absolute atomic E-state index is 12.7. The fourth-order valence-electron chi connectivity index (χ4n) is 9.60. The van der Waals surface area contributed by atoms with Crippen molar-refractivity contribution in [2.24, 2.45) is 0 Å². The number of ether oxygens (including phenoxy) is 4. The van der Waals surface area contributed by atoms with Crippen LogP contribution in [0.25, 0.3) is 78.4 Å². The molecule has 0 atom stereocenters. The minimum atomic E-state index is -0.500. The zero-order valence-electron chi connectivity index (χ0n) is 50.7. The van der Waals surface area contributed by atoms with Crippen LogP contribution in [0.1, 0.15) is 46.0 Å². The number of carbonyl (C=O) groups excluding carboxylic acids is 2. The van der Waals surface area contributed by atoms with Crippen LogP contribution in [0.4, 0.5) is 17.1 Å². The third-order valence-electron chi connectivity index (χ3n) is 14.2. The summed E-state index contributed by atoms with van der Waals surface area (Å²) < 4.78 is 21.1. The molecule has 0 bridgehead atoms. The van der Waals surface area contributed by atoms with E-state index in [1.54, 1.807) is 41.9 Å². The second-order valence-corrected chi connectivity index (χ2v) is 20.6. The number of carbonyl (C=O) groups is 2. The molecule has 0 aliphatic carbocycles. The normalized spacial score (nSPS) is 10.5. The SMILES string of the molecule is CCOC(=O)c1c(C)nc(C)c(C(=O)OCC)c1-c1ccc(N(C)C)cc1.CN(C)c1ccc(-c2cc(-c3ccccc3)nc(-c3ccccc3)c2)cc1.COc1ccc(-c2cc(-c3ccc(N(C)C)cc3)cc(-c3ccc(OC)cc3)n2)cc1. The van der Waals surface area contributed by atoms with Gasteiger partial charge in [0, 0.05) is 87.2 Å². The van der Waals surface area contributed by atoms with Crippen LogP contribution in [0.2, 0.25) is 0 Å². The molecule has 10 aromatic rings. The van der Waals surface area contributed by atoms with E-state index in [1.807, 2.05) is 118 Å². The molecule has 0 spiro atoms. The molecule has 432 valence electrons. The Morgan fingerprint density at radius 1 is 0.353 bits per heavy atom. The number of aryl methyl sites for hydroxylation is 2. The number of pyridine rings is 3. The summed E-state index contributed by atoms with van der Waals surface area (Å²) in [5, 5.41) is 0. The summed E-state index contributed by atoms with van der Waals surface area (Å²) in [4.78, 5) is 45.8. The van der Waals surface area contributed by atoms with Crippen LogP contribution in [-0.2, 0) is 9.47 Å². The minimum absolute atomic E-state index is 0.236. The minimum Gasteiger partial charge on any atom is -0.497 e. The molecule has 0 N–H and O–H groups in total. The highest BCUT2D eigenvalue weighted by Gasteiger charge is 2.28.